The normalized spacial score (nSPS) is 10.8. The summed E-state index contributed by atoms with van der Waals surface area (Å²) < 4.78 is 5.52. The molecule has 90 valence electrons. The van der Waals surface area contributed by atoms with Gasteiger partial charge in [0.15, 0.2) is 0 Å². The van der Waals surface area contributed by atoms with Crippen molar-refractivity contribution in [1.29, 1.82) is 0 Å². The minimum absolute atomic E-state index is 0.234. The van der Waals surface area contributed by atoms with Gasteiger partial charge in [-0.1, -0.05) is 13.8 Å². The maximum absolute atomic E-state index is 5.73. The molecule has 0 radical (unpaired) electrons. The summed E-state index contributed by atoms with van der Waals surface area (Å²) in [5, 5.41) is 0.234. The lowest BCUT2D eigenvalue weighted by atomic mass is 10.4. The van der Waals surface area contributed by atoms with Crippen LogP contribution in [0.25, 0.3) is 0 Å². The summed E-state index contributed by atoms with van der Waals surface area (Å²) >= 11 is 5.73. The summed E-state index contributed by atoms with van der Waals surface area (Å²) in [6.07, 6.45) is 0. The van der Waals surface area contributed by atoms with Gasteiger partial charge < -0.3 is 9.64 Å². The Labute approximate surface area is 102 Å². The van der Waals surface area contributed by atoms with Crippen molar-refractivity contribution in [3.63, 3.8) is 0 Å². The van der Waals surface area contributed by atoms with Crippen LogP contribution in [0.4, 0.5) is 0 Å². The largest absolute Gasteiger partial charge is 0.476 e. The van der Waals surface area contributed by atoms with Gasteiger partial charge in [0, 0.05) is 18.3 Å². The molecule has 4 nitrogen and oxygen atoms in total. The van der Waals surface area contributed by atoms with Crippen LogP contribution in [0.2, 0.25) is 5.28 Å². The Morgan fingerprint density at radius 3 is 2.56 bits per heavy atom. The summed E-state index contributed by atoms with van der Waals surface area (Å²) in [7, 11) is 0. The zero-order chi connectivity index (χ0) is 12.0. The van der Waals surface area contributed by atoms with Gasteiger partial charge in [0.1, 0.15) is 6.61 Å². The van der Waals surface area contributed by atoms with Gasteiger partial charge in [-0.05, 0) is 31.6 Å². The van der Waals surface area contributed by atoms with Crippen molar-refractivity contribution in [3.8, 4) is 5.88 Å². The summed E-state index contributed by atoms with van der Waals surface area (Å²) in [5.41, 5.74) is 0.817. The third-order valence-electron chi connectivity index (χ3n) is 2.36. The Bertz CT molecular complexity index is 309. The van der Waals surface area contributed by atoms with Crippen LogP contribution in [-0.4, -0.2) is 41.1 Å². The molecule has 0 N–H and O–H groups in total. The van der Waals surface area contributed by atoms with E-state index in [0.29, 0.717) is 12.5 Å². The van der Waals surface area contributed by atoms with E-state index < -0.39 is 0 Å². The van der Waals surface area contributed by atoms with Crippen LogP contribution in [0.15, 0.2) is 6.07 Å². The first-order valence-electron chi connectivity index (χ1n) is 5.52. The number of rotatable bonds is 6. The molecule has 5 heteroatoms. The van der Waals surface area contributed by atoms with Gasteiger partial charge in [-0.25, -0.2) is 4.98 Å². The van der Waals surface area contributed by atoms with Crippen LogP contribution in [-0.2, 0) is 0 Å². The second-order valence-electron chi connectivity index (χ2n) is 3.49. The standard InChI is InChI=1S/C11H18ClN3O/c1-4-15(5-2)6-7-16-10-8-9(3)13-11(12)14-10/h8H,4-7H2,1-3H3. The molecule has 0 spiro atoms. The van der Waals surface area contributed by atoms with Crippen molar-refractivity contribution in [2.75, 3.05) is 26.2 Å². The number of hydrogen-bond acceptors (Lipinski definition) is 4. The summed E-state index contributed by atoms with van der Waals surface area (Å²) in [4.78, 5) is 10.3. The number of halogens is 1. The zero-order valence-electron chi connectivity index (χ0n) is 10.0. The fourth-order valence-corrected chi connectivity index (χ4v) is 1.61. The van der Waals surface area contributed by atoms with E-state index in [4.69, 9.17) is 16.3 Å². The summed E-state index contributed by atoms with van der Waals surface area (Å²) in [6, 6.07) is 1.79. The first kappa shape index (κ1) is 13.2. The third kappa shape index (κ3) is 4.33. The molecule has 1 aromatic heterocycles. The number of aryl methyl sites for hydroxylation is 1. The van der Waals surface area contributed by atoms with E-state index in [1.54, 1.807) is 6.07 Å². The van der Waals surface area contributed by atoms with Gasteiger partial charge in [0.05, 0.1) is 0 Å². The molecule has 1 rings (SSSR count). The van der Waals surface area contributed by atoms with Crippen molar-refractivity contribution in [3.05, 3.63) is 17.0 Å². The van der Waals surface area contributed by atoms with Crippen LogP contribution >= 0.6 is 11.6 Å². The fourth-order valence-electron chi connectivity index (χ4n) is 1.40. The van der Waals surface area contributed by atoms with Crippen molar-refractivity contribution < 1.29 is 4.74 Å². The first-order valence-corrected chi connectivity index (χ1v) is 5.89. The molecule has 0 aliphatic rings. The number of nitrogens with zero attached hydrogens (tertiary/aromatic N) is 3. The Morgan fingerprint density at radius 1 is 1.31 bits per heavy atom. The molecule has 0 fully saturated rings. The van der Waals surface area contributed by atoms with Crippen LogP contribution in [0.5, 0.6) is 5.88 Å². The van der Waals surface area contributed by atoms with E-state index in [9.17, 15) is 0 Å². The van der Waals surface area contributed by atoms with E-state index in [-0.39, 0.29) is 5.28 Å². The highest BCUT2D eigenvalue weighted by atomic mass is 35.5. The van der Waals surface area contributed by atoms with Gasteiger partial charge in [-0.15, -0.1) is 0 Å². The predicted molar refractivity (Wildman–Crippen MR) is 65.1 cm³/mol. The SMILES string of the molecule is CCN(CC)CCOc1cc(C)nc(Cl)n1. The molecule has 0 aromatic carbocycles. The number of hydrogen-bond donors (Lipinski definition) is 0. The number of likely N-dealkylation sites (N-methyl/N-ethyl adjacent to an activating group) is 1. The Hall–Kier alpha value is -0.870. The molecule has 1 heterocycles. The van der Waals surface area contributed by atoms with E-state index in [0.717, 1.165) is 25.3 Å². The van der Waals surface area contributed by atoms with E-state index in [1.807, 2.05) is 6.92 Å². The van der Waals surface area contributed by atoms with Gasteiger partial charge in [-0.3, -0.25) is 0 Å². The van der Waals surface area contributed by atoms with Crippen LogP contribution < -0.4 is 4.74 Å². The summed E-state index contributed by atoms with van der Waals surface area (Å²) in [5.74, 6) is 0.546. The molecule has 0 amide bonds. The maximum Gasteiger partial charge on any atom is 0.225 e. The predicted octanol–water partition coefficient (Wildman–Crippen LogP) is 2.16. The van der Waals surface area contributed by atoms with Gasteiger partial charge >= 0.3 is 0 Å². The van der Waals surface area contributed by atoms with E-state index in [1.165, 1.54) is 0 Å². The minimum Gasteiger partial charge on any atom is -0.476 e. The Kier molecular flexibility index (Phi) is 5.49. The minimum atomic E-state index is 0.234. The van der Waals surface area contributed by atoms with Gasteiger partial charge in [0.2, 0.25) is 11.2 Å². The second kappa shape index (κ2) is 6.66. The Morgan fingerprint density at radius 2 is 2.00 bits per heavy atom. The lowest BCUT2D eigenvalue weighted by molar-refractivity contribution is 0.217. The molecule has 16 heavy (non-hydrogen) atoms. The smallest absolute Gasteiger partial charge is 0.225 e. The molecule has 1 aromatic rings. The van der Waals surface area contributed by atoms with Gasteiger partial charge in [-0.2, -0.15) is 4.98 Å². The molecule has 0 unspecified atom stereocenters. The van der Waals surface area contributed by atoms with Crippen molar-refractivity contribution in [1.82, 2.24) is 14.9 Å². The highest BCUT2D eigenvalue weighted by molar-refractivity contribution is 6.28. The topological polar surface area (TPSA) is 38.2 Å². The molecule has 0 aliphatic heterocycles. The molecule has 0 saturated heterocycles. The maximum atomic E-state index is 5.73. The molecule has 0 saturated carbocycles. The lowest BCUT2D eigenvalue weighted by Gasteiger charge is -2.17. The number of ether oxygens (including phenoxy) is 1. The van der Waals surface area contributed by atoms with Crippen molar-refractivity contribution in [2.24, 2.45) is 0 Å². The number of aromatic nitrogens is 2. The quantitative estimate of drug-likeness (QED) is 0.718. The molecule has 0 aliphatic carbocycles. The van der Waals surface area contributed by atoms with Crippen LogP contribution in [0, 0.1) is 6.92 Å². The monoisotopic (exact) mass is 243 g/mol. The van der Waals surface area contributed by atoms with E-state index in [2.05, 4.69) is 28.7 Å². The average Bonchev–Trinajstić information content (AvgIpc) is 2.23. The van der Waals surface area contributed by atoms with Crippen LogP contribution in [0.1, 0.15) is 19.5 Å². The fraction of sp³-hybridized carbons (Fsp3) is 0.636. The van der Waals surface area contributed by atoms with Crippen molar-refractivity contribution in [2.45, 2.75) is 20.8 Å². The van der Waals surface area contributed by atoms with E-state index >= 15 is 0 Å². The highest BCUT2D eigenvalue weighted by Gasteiger charge is 2.02. The van der Waals surface area contributed by atoms with Crippen LogP contribution in [0.3, 0.4) is 0 Å². The average molecular weight is 244 g/mol. The lowest BCUT2D eigenvalue weighted by Crippen LogP contribution is -2.28. The first-order chi connectivity index (χ1) is 7.65. The highest BCUT2D eigenvalue weighted by Crippen LogP contribution is 2.11. The van der Waals surface area contributed by atoms with Gasteiger partial charge in [0.25, 0.3) is 0 Å². The third-order valence-corrected chi connectivity index (χ3v) is 2.52. The van der Waals surface area contributed by atoms with Crippen molar-refractivity contribution >= 4 is 11.6 Å². The molecule has 0 atom stereocenters. The molecular formula is C11H18ClN3O. The summed E-state index contributed by atoms with van der Waals surface area (Å²) in [6.45, 7) is 9.71. The zero-order valence-corrected chi connectivity index (χ0v) is 10.8. The second-order valence-corrected chi connectivity index (χ2v) is 3.83. The molecule has 0 bridgehead atoms. The molecular weight excluding hydrogens is 226 g/mol. The Balaban J connectivity index is 2.42.